The first kappa shape index (κ1) is 25.9. The summed E-state index contributed by atoms with van der Waals surface area (Å²) in [5.41, 5.74) is 5.49. The summed E-state index contributed by atoms with van der Waals surface area (Å²) in [6.45, 7) is 7.06. The predicted molar refractivity (Wildman–Crippen MR) is 147 cm³/mol. The van der Waals surface area contributed by atoms with Gasteiger partial charge in [0.25, 0.3) is 5.91 Å². The average molecular weight is 536 g/mol. The molecule has 0 radical (unpaired) electrons. The number of rotatable bonds is 6. The molecule has 1 unspecified atom stereocenters. The van der Waals surface area contributed by atoms with Crippen LogP contribution in [0, 0.1) is 0 Å². The van der Waals surface area contributed by atoms with Gasteiger partial charge in [-0.2, -0.15) is 0 Å². The van der Waals surface area contributed by atoms with Gasteiger partial charge in [0.15, 0.2) is 0 Å². The second-order valence-electron chi connectivity index (χ2n) is 9.79. The lowest BCUT2D eigenvalue weighted by Crippen LogP contribution is -2.52. The number of piperidine rings is 1. The van der Waals surface area contributed by atoms with Gasteiger partial charge in [0.05, 0.1) is 35.3 Å². The zero-order chi connectivity index (χ0) is 27.0. The number of nitrogens with zero attached hydrogens (tertiary/aromatic N) is 4. The van der Waals surface area contributed by atoms with Crippen LogP contribution >= 0.6 is 11.6 Å². The van der Waals surface area contributed by atoms with Crippen LogP contribution in [0.15, 0.2) is 41.4 Å². The third-order valence-corrected chi connectivity index (χ3v) is 7.50. The van der Waals surface area contributed by atoms with E-state index >= 15 is 0 Å². The Labute approximate surface area is 226 Å². The molecule has 3 aliphatic heterocycles. The van der Waals surface area contributed by atoms with E-state index in [1.807, 2.05) is 49.3 Å². The zero-order valence-corrected chi connectivity index (χ0v) is 22.3. The average Bonchev–Trinajstić information content (AvgIpc) is 3.22. The molecule has 2 aromatic carbocycles. The summed E-state index contributed by atoms with van der Waals surface area (Å²) in [6.07, 6.45) is 0.538. The highest BCUT2D eigenvalue weighted by atomic mass is 35.5. The lowest BCUT2D eigenvalue weighted by Gasteiger charge is -2.30. The van der Waals surface area contributed by atoms with Gasteiger partial charge in [-0.15, -0.1) is 0 Å². The minimum Gasteiger partial charge on any atom is -0.378 e. The normalized spacial score (nSPS) is 20.2. The number of amides is 3. The first-order valence-corrected chi connectivity index (χ1v) is 12.9. The van der Waals surface area contributed by atoms with Crippen LogP contribution in [0.25, 0.3) is 11.4 Å². The van der Waals surface area contributed by atoms with Crippen LogP contribution in [0.4, 0.5) is 5.69 Å². The van der Waals surface area contributed by atoms with Crippen molar-refractivity contribution in [3.8, 4) is 0 Å². The number of hydrogen-bond acceptors (Lipinski definition) is 7. The quantitative estimate of drug-likeness (QED) is 0.347. The summed E-state index contributed by atoms with van der Waals surface area (Å²) in [4.78, 5) is 47.2. The Kier molecular flexibility index (Phi) is 7.23. The van der Waals surface area contributed by atoms with Gasteiger partial charge >= 0.3 is 0 Å². The van der Waals surface area contributed by atoms with Crippen molar-refractivity contribution in [3.05, 3.63) is 63.7 Å². The third-order valence-electron chi connectivity index (χ3n) is 7.20. The van der Waals surface area contributed by atoms with Crippen molar-refractivity contribution in [1.29, 1.82) is 0 Å². The fourth-order valence-corrected chi connectivity index (χ4v) is 5.65. The van der Waals surface area contributed by atoms with Gasteiger partial charge in [0, 0.05) is 56.8 Å². The van der Waals surface area contributed by atoms with E-state index in [4.69, 9.17) is 16.3 Å². The number of carbonyl (C=O) groups is 3. The van der Waals surface area contributed by atoms with E-state index < -0.39 is 11.9 Å². The number of nitrogens with one attached hydrogen (secondary N) is 1. The van der Waals surface area contributed by atoms with Gasteiger partial charge in [0.1, 0.15) is 6.04 Å². The highest BCUT2D eigenvalue weighted by Crippen LogP contribution is 2.36. The number of ether oxygens (including phenoxy) is 1. The topological polar surface area (TPSA) is 94.6 Å². The fraction of sp³-hybridized carbons (Fsp3) is 0.357. The molecule has 0 saturated carbocycles. The third kappa shape index (κ3) is 4.79. The number of halogens is 1. The van der Waals surface area contributed by atoms with Crippen LogP contribution in [0.2, 0.25) is 5.02 Å². The molecule has 0 aromatic heterocycles. The second kappa shape index (κ2) is 10.6. The van der Waals surface area contributed by atoms with Crippen LogP contribution in [-0.2, 0) is 20.9 Å². The van der Waals surface area contributed by atoms with Gasteiger partial charge in [0.2, 0.25) is 11.8 Å². The number of morpholine rings is 1. The van der Waals surface area contributed by atoms with Crippen molar-refractivity contribution in [1.82, 2.24) is 15.1 Å². The largest absolute Gasteiger partial charge is 0.378 e. The number of imide groups is 1. The fourth-order valence-electron chi connectivity index (χ4n) is 5.35. The van der Waals surface area contributed by atoms with Gasteiger partial charge in [-0.25, -0.2) is 0 Å². The Bertz CT molecular complexity index is 1350. The Morgan fingerprint density at radius 1 is 1.11 bits per heavy atom. The van der Waals surface area contributed by atoms with E-state index in [2.05, 4.69) is 21.9 Å². The lowest BCUT2D eigenvalue weighted by atomic mass is 10.00. The van der Waals surface area contributed by atoms with Crippen molar-refractivity contribution >= 4 is 53.1 Å². The summed E-state index contributed by atoms with van der Waals surface area (Å²) < 4.78 is 5.46. The molecule has 2 fully saturated rings. The monoisotopic (exact) mass is 535 g/mol. The van der Waals surface area contributed by atoms with E-state index in [1.165, 1.54) is 4.90 Å². The standard InChI is InChI=1S/C28H30ClN5O4/c1-30-25(26(32(2)3)18-5-7-22(21(29)15-18)33-10-12-38-13-11-33)17-4-6-20-19(14-17)16-34(28(20)37)23-8-9-24(35)31-27(23)36/h4-7,14-15,23H,1,8-13,16H2,2-3H3,(H,31,35,36)/b26-25-. The Morgan fingerprint density at radius 3 is 2.50 bits per heavy atom. The minimum atomic E-state index is -0.659. The molecule has 198 valence electrons. The van der Waals surface area contributed by atoms with Crippen molar-refractivity contribution in [2.45, 2.75) is 25.4 Å². The SMILES string of the molecule is C=N/C(=C(/c1ccc(N2CCOCC2)c(Cl)c1)N(C)C)c1ccc2c(c1)CN(C1CCC(=O)NC1=O)C2=O. The van der Waals surface area contributed by atoms with E-state index in [-0.39, 0.29) is 24.8 Å². The maximum Gasteiger partial charge on any atom is 0.255 e. The van der Waals surface area contributed by atoms with E-state index in [0.29, 0.717) is 35.9 Å². The second-order valence-corrected chi connectivity index (χ2v) is 10.2. The number of benzene rings is 2. The molecule has 9 nitrogen and oxygen atoms in total. The van der Waals surface area contributed by atoms with Gasteiger partial charge in [-0.3, -0.25) is 24.7 Å². The maximum absolute atomic E-state index is 13.1. The van der Waals surface area contributed by atoms with Crippen LogP contribution in [0.1, 0.15) is 39.9 Å². The number of anilines is 1. The number of aliphatic imine (C=N–C) groups is 1. The molecule has 38 heavy (non-hydrogen) atoms. The molecule has 1 N–H and O–H groups in total. The molecule has 0 spiro atoms. The Hall–Kier alpha value is -3.69. The molecule has 0 aliphatic carbocycles. The van der Waals surface area contributed by atoms with Crippen LogP contribution < -0.4 is 10.2 Å². The summed E-state index contributed by atoms with van der Waals surface area (Å²) in [7, 11) is 3.87. The Morgan fingerprint density at radius 2 is 1.84 bits per heavy atom. The number of carbonyl (C=O) groups excluding carboxylic acids is 3. The molecule has 2 saturated heterocycles. The molecule has 3 amide bonds. The number of hydrogen-bond donors (Lipinski definition) is 1. The van der Waals surface area contributed by atoms with Crippen molar-refractivity contribution < 1.29 is 19.1 Å². The molecule has 3 aliphatic rings. The molecular formula is C28H30ClN5O4. The lowest BCUT2D eigenvalue weighted by molar-refractivity contribution is -0.136. The van der Waals surface area contributed by atoms with Gasteiger partial charge in [-0.1, -0.05) is 23.7 Å². The van der Waals surface area contributed by atoms with Crippen molar-refractivity contribution in [3.63, 3.8) is 0 Å². The van der Waals surface area contributed by atoms with E-state index in [0.717, 1.165) is 41.2 Å². The summed E-state index contributed by atoms with van der Waals surface area (Å²) in [5.74, 6) is -0.946. The Balaban J connectivity index is 1.48. The molecular weight excluding hydrogens is 506 g/mol. The predicted octanol–water partition coefficient (Wildman–Crippen LogP) is 3.03. The highest BCUT2D eigenvalue weighted by molar-refractivity contribution is 6.33. The molecule has 10 heteroatoms. The van der Waals surface area contributed by atoms with Gasteiger partial charge < -0.3 is 19.4 Å². The van der Waals surface area contributed by atoms with E-state index in [1.54, 1.807) is 6.07 Å². The summed E-state index contributed by atoms with van der Waals surface area (Å²) in [6, 6.07) is 10.9. The number of fused-ring (bicyclic) bond motifs is 1. The van der Waals surface area contributed by atoms with Crippen LogP contribution in [-0.4, -0.2) is 80.7 Å². The summed E-state index contributed by atoms with van der Waals surface area (Å²) in [5, 5.41) is 2.98. The first-order valence-electron chi connectivity index (χ1n) is 12.6. The summed E-state index contributed by atoms with van der Waals surface area (Å²) >= 11 is 6.74. The maximum atomic E-state index is 13.1. The first-order chi connectivity index (χ1) is 18.3. The molecule has 3 heterocycles. The molecule has 1 atom stereocenters. The van der Waals surface area contributed by atoms with Crippen LogP contribution in [0.3, 0.4) is 0 Å². The molecule has 5 rings (SSSR count). The van der Waals surface area contributed by atoms with Crippen molar-refractivity contribution in [2.75, 3.05) is 45.3 Å². The van der Waals surface area contributed by atoms with E-state index in [9.17, 15) is 14.4 Å². The smallest absolute Gasteiger partial charge is 0.255 e. The van der Waals surface area contributed by atoms with Crippen molar-refractivity contribution in [2.24, 2.45) is 4.99 Å². The molecule has 0 bridgehead atoms. The zero-order valence-electron chi connectivity index (χ0n) is 21.5. The van der Waals surface area contributed by atoms with Gasteiger partial charge in [-0.05, 0) is 43.0 Å². The molecule has 2 aromatic rings. The van der Waals surface area contributed by atoms with Crippen LogP contribution in [0.5, 0.6) is 0 Å². The minimum absolute atomic E-state index is 0.212. The highest BCUT2D eigenvalue weighted by Gasteiger charge is 2.39.